The van der Waals surface area contributed by atoms with Crippen LogP contribution in [0, 0.1) is 0 Å². The van der Waals surface area contributed by atoms with Crippen LogP contribution in [-0.4, -0.2) is 56.2 Å². The molecule has 4 rings (SSSR count). The van der Waals surface area contributed by atoms with Gasteiger partial charge < -0.3 is 15.7 Å². The Kier molecular flexibility index (Phi) is 7.83. The van der Waals surface area contributed by atoms with E-state index in [-0.39, 0.29) is 5.91 Å². The minimum Gasteiger partial charge on any atom is -0.475 e. The number of aromatic nitrogens is 4. The zero-order valence-electron chi connectivity index (χ0n) is 17.5. The molecule has 1 aromatic carbocycles. The number of carbonyl (C=O) groups excluding carboxylic acids is 1. The van der Waals surface area contributed by atoms with Crippen LogP contribution >= 0.6 is 0 Å². The number of hydrogen-bond donors (Lipinski definition) is 4. The van der Waals surface area contributed by atoms with E-state index in [9.17, 15) is 18.0 Å². The van der Waals surface area contributed by atoms with E-state index in [0.717, 1.165) is 38.0 Å². The number of hydrogen-bond acceptors (Lipinski definition) is 5. The van der Waals surface area contributed by atoms with Gasteiger partial charge in [-0.3, -0.25) is 14.6 Å². The molecule has 9 nitrogen and oxygen atoms in total. The summed E-state index contributed by atoms with van der Waals surface area (Å²) in [5, 5.41) is 24.8. The molecule has 3 aromatic rings. The molecule has 3 heterocycles. The molecule has 0 bridgehead atoms. The predicted octanol–water partition coefficient (Wildman–Crippen LogP) is 3.01. The quantitative estimate of drug-likeness (QED) is 0.460. The highest BCUT2D eigenvalue weighted by Crippen LogP contribution is 2.20. The van der Waals surface area contributed by atoms with Crippen molar-refractivity contribution < 1.29 is 27.9 Å². The van der Waals surface area contributed by atoms with E-state index in [1.807, 2.05) is 29.1 Å². The number of amides is 1. The van der Waals surface area contributed by atoms with Crippen molar-refractivity contribution in [3.05, 3.63) is 65.7 Å². The molecule has 12 heteroatoms. The van der Waals surface area contributed by atoms with Crippen molar-refractivity contribution in [2.24, 2.45) is 0 Å². The number of benzene rings is 1. The molecule has 1 amide bonds. The van der Waals surface area contributed by atoms with Crippen LogP contribution in [0.25, 0.3) is 0 Å². The maximum atomic E-state index is 12.4. The SMILES string of the molecule is O=C(Nc1cnn(C2CCNCC2)c1)c1cc(Cc2ccccc2)[nH]n1.O=C(O)C(F)(F)F. The Hall–Kier alpha value is -3.67. The number of H-pyrrole nitrogens is 1. The highest BCUT2D eigenvalue weighted by molar-refractivity contribution is 6.02. The third-order valence-electron chi connectivity index (χ3n) is 4.89. The summed E-state index contributed by atoms with van der Waals surface area (Å²) in [6.45, 7) is 2.01. The highest BCUT2D eigenvalue weighted by atomic mass is 19.4. The standard InChI is InChI=1S/C19H22N6O.C2HF3O2/c26-19(18-11-15(23-24-18)10-14-4-2-1-3-5-14)22-16-12-21-25(13-16)17-6-8-20-9-7-17;3-2(4,5)1(6)7/h1-5,11-13,17,20H,6-10H2,(H,22,26)(H,23,24);(H,6,7). The maximum absolute atomic E-state index is 12.4. The van der Waals surface area contributed by atoms with Crippen LogP contribution in [-0.2, 0) is 11.2 Å². The van der Waals surface area contributed by atoms with Gasteiger partial charge in [0.1, 0.15) is 0 Å². The molecule has 0 saturated carbocycles. The second-order valence-corrected chi connectivity index (χ2v) is 7.39. The largest absolute Gasteiger partial charge is 0.490 e. The molecular formula is C21H23F3N6O3. The Labute approximate surface area is 187 Å². The molecule has 1 aliphatic rings. The van der Waals surface area contributed by atoms with Gasteiger partial charge in [-0.05, 0) is 37.6 Å². The smallest absolute Gasteiger partial charge is 0.475 e. The number of piperidine rings is 1. The molecule has 1 saturated heterocycles. The van der Waals surface area contributed by atoms with Gasteiger partial charge in [-0.1, -0.05) is 30.3 Å². The van der Waals surface area contributed by atoms with E-state index < -0.39 is 12.1 Å². The van der Waals surface area contributed by atoms with E-state index >= 15 is 0 Å². The number of halogens is 3. The molecule has 0 atom stereocenters. The molecule has 176 valence electrons. The molecule has 0 spiro atoms. The number of carbonyl (C=O) groups is 2. The molecule has 2 aromatic heterocycles. The van der Waals surface area contributed by atoms with Crippen LogP contribution in [0.1, 0.15) is 40.6 Å². The number of nitrogens with one attached hydrogen (secondary N) is 3. The summed E-state index contributed by atoms with van der Waals surface area (Å²) in [5.74, 6) is -2.99. The lowest BCUT2D eigenvalue weighted by molar-refractivity contribution is -0.192. The van der Waals surface area contributed by atoms with Crippen LogP contribution in [0.2, 0.25) is 0 Å². The first kappa shape index (κ1) is 24.0. The van der Waals surface area contributed by atoms with Gasteiger partial charge in [-0.25, -0.2) is 4.79 Å². The highest BCUT2D eigenvalue weighted by Gasteiger charge is 2.38. The van der Waals surface area contributed by atoms with E-state index in [0.29, 0.717) is 17.4 Å². The Morgan fingerprint density at radius 3 is 2.48 bits per heavy atom. The minimum atomic E-state index is -5.08. The molecule has 1 fully saturated rings. The van der Waals surface area contributed by atoms with Crippen molar-refractivity contribution in [3.8, 4) is 0 Å². The van der Waals surface area contributed by atoms with Crippen molar-refractivity contribution >= 4 is 17.6 Å². The van der Waals surface area contributed by atoms with Gasteiger partial charge in [-0.15, -0.1) is 0 Å². The van der Waals surface area contributed by atoms with Crippen LogP contribution < -0.4 is 10.6 Å². The number of carboxylic acid groups (broad SMARTS) is 1. The maximum Gasteiger partial charge on any atom is 0.490 e. The fourth-order valence-corrected chi connectivity index (χ4v) is 3.25. The minimum absolute atomic E-state index is 0.231. The molecule has 0 aliphatic carbocycles. The summed E-state index contributed by atoms with van der Waals surface area (Å²) in [6, 6.07) is 12.3. The first-order valence-electron chi connectivity index (χ1n) is 10.2. The van der Waals surface area contributed by atoms with Crippen molar-refractivity contribution in [2.75, 3.05) is 18.4 Å². The predicted molar refractivity (Wildman–Crippen MR) is 113 cm³/mol. The van der Waals surface area contributed by atoms with Gasteiger partial charge in [-0.2, -0.15) is 23.4 Å². The zero-order chi connectivity index (χ0) is 23.8. The number of nitrogens with zero attached hydrogens (tertiary/aromatic N) is 3. The summed E-state index contributed by atoms with van der Waals surface area (Å²) in [7, 11) is 0. The Balaban J connectivity index is 0.000000383. The third kappa shape index (κ3) is 7.17. The van der Waals surface area contributed by atoms with E-state index in [1.165, 1.54) is 5.56 Å². The molecule has 4 N–H and O–H groups in total. The lowest BCUT2D eigenvalue weighted by Gasteiger charge is -2.22. The second-order valence-electron chi connectivity index (χ2n) is 7.39. The van der Waals surface area contributed by atoms with E-state index in [2.05, 4.69) is 38.1 Å². The van der Waals surface area contributed by atoms with Gasteiger partial charge in [0, 0.05) is 18.3 Å². The third-order valence-corrected chi connectivity index (χ3v) is 4.89. The summed E-state index contributed by atoms with van der Waals surface area (Å²) in [5.41, 5.74) is 3.16. The van der Waals surface area contributed by atoms with E-state index in [4.69, 9.17) is 9.90 Å². The summed E-state index contributed by atoms with van der Waals surface area (Å²) < 4.78 is 33.7. The Bertz CT molecular complexity index is 1060. The number of carboxylic acids is 1. The molecule has 33 heavy (non-hydrogen) atoms. The van der Waals surface area contributed by atoms with Crippen molar-refractivity contribution in [1.82, 2.24) is 25.3 Å². The van der Waals surface area contributed by atoms with Crippen LogP contribution in [0.3, 0.4) is 0 Å². The van der Waals surface area contributed by atoms with Crippen molar-refractivity contribution in [2.45, 2.75) is 31.5 Å². The Morgan fingerprint density at radius 1 is 1.18 bits per heavy atom. The lowest BCUT2D eigenvalue weighted by Crippen LogP contribution is -2.29. The summed E-state index contributed by atoms with van der Waals surface area (Å²) in [6.07, 6.45) is 1.33. The van der Waals surface area contributed by atoms with Crippen molar-refractivity contribution in [3.63, 3.8) is 0 Å². The van der Waals surface area contributed by atoms with Crippen LogP contribution in [0.4, 0.5) is 18.9 Å². The normalized spacial score (nSPS) is 14.3. The fraction of sp³-hybridized carbons (Fsp3) is 0.333. The van der Waals surface area contributed by atoms with Crippen LogP contribution in [0.15, 0.2) is 48.8 Å². The van der Waals surface area contributed by atoms with Gasteiger partial charge in [0.15, 0.2) is 5.69 Å². The first-order valence-corrected chi connectivity index (χ1v) is 10.2. The summed E-state index contributed by atoms with van der Waals surface area (Å²) in [4.78, 5) is 21.3. The molecular weight excluding hydrogens is 441 g/mol. The molecule has 0 radical (unpaired) electrons. The summed E-state index contributed by atoms with van der Waals surface area (Å²) >= 11 is 0. The zero-order valence-corrected chi connectivity index (χ0v) is 17.5. The average molecular weight is 464 g/mol. The average Bonchev–Trinajstić information content (AvgIpc) is 3.45. The first-order chi connectivity index (χ1) is 15.7. The fourth-order valence-electron chi connectivity index (χ4n) is 3.25. The Morgan fingerprint density at radius 2 is 1.85 bits per heavy atom. The van der Waals surface area contributed by atoms with Gasteiger partial charge >= 0.3 is 12.1 Å². The van der Waals surface area contributed by atoms with Crippen molar-refractivity contribution in [1.29, 1.82) is 0 Å². The molecule has 0 unspecified atom stereocenters. The van der Waals surface area contributed by atoms with Crippen LogP contribution in [0.5, 0.6) is 0 Å². The topological polar surface area (TPSA) is 125 Å². The molecule has 1 aliphatic heterocycles. The van der Waals surface area contributed by atoms with Gasteiger partial charge in [0.05, 0.1) is 17.9 Å². The van der Waals surface area contributed by atoms with Gasteiger partial charge in [0.25, 0.3) is 5.91 Å². The lowest BCUT2D eigenvalue weighted by atomic mass is 10.1. The number of aromatic amines is 1. The number of rotatable bonds is 5. The van der Waals surface area contributed by atoms with E-state index in [1.54, 1.807) is 12.3 Å². The number of anilines is 1. The van der Waals surface area contributed by atoms with Gasteiger partial charge in [0.2, 0.25) is 0 Å². The monoisotopic (exact) mass is 464 g/mol. The second kappa shape index (κ2) is 10.8. The number of aliphatic carboxylic acids is 1. The number of alkyl halides is 3.